The molecule has 0 saturated heterocycles. The minimum atomic E-state index is -1.35. The summed E-state index contributed by atoms with van der Waals surface area (Å²) in [4.78, 5) is 19.8. The van der Waals surface area contributed by atoms with Crippen molar-refractivity contribution in [1.82, 2.24) is 24.5 Å². The van der Waals surface area contributed by atoms with E-state index in [1.165, 1.54) is 33.9 Å². The quantitative estimate of drug-likeness (QED) is 0.118. The molecule has 1 atom stereocenters. The van der Waals surface area contributed by atoms with E-state index in [4.69, 9.17) is 24.4 Å². The van der Waals surface area contributed by atoms with E-state index in [-0.39, 0.29) is 25.5 Å². The Labute approximate surface area is 388 Å². The molecular weight excluding hydrogens is 967 g/mol. The topological polar surface area (TPSA) is 69.6 Å². The molecule has 4 aromatic carbocycles. The molecule has 0 N–H and O–H groups in total. The normalized spacial score (nSPS) is 12.5. The second-order valence-electron chi connectivity index (χ2n) is 19.4. The number of furan rings is 1. The third kappa shape index (κ3) is 8.96. The maximum atomic E-state index is 6.62. The minimum absolute atomic E-state index is 0. The van der Waals surface area contributed by atoms with E-state index in [2.05, 4.69) is 166 Å². The van der Waals surface area contributed by atoms with Gasteiger partial charge in [-0.15, -0.1) is 53.6 Å². The van der Waals surface area contributed by atoms with E-state index in [9.17, 15) is 0 Å². The number of rotatable bonds is 7. The average Bonchev–Trinajstić information content (AvgIpc) is 3.80. The van der Waals surface area contributed by atoms with Gasteiger partial charge in [0.15, 0.2) is 0 Å². The molecule has 0 amide bonds. The van der Waals surface area contributed by atoms with Crippen LogP contribution in [0.15, 0.2) is 95.5 Å². The van der Waals surface area contributed by atoms with Gasteiger partial charge in [0.25, 0.3) is 0 Å². The Bertz CT molecular complexity index is 3110. The molecular formula is C55H59IrN5OSi-2. The number of hydrogen-bond acceptors (Lipinski definition) is 5. The molecule has 0 spiro atoms. The molecule has 1 radical (unpaired) electrons. The van der Waals surface area contributed by atoms with Gasteiger partial charge in [-0.3, -0.25) is 9.97 Å². The van der Waals surface area contributed by atoms with E-state index in [1.54, 1.807) is 0 Å². The number of aromatic nitrogens is 5. The number of aryl methyl sites for hydroxylation is 5. The molecule has 63 heavy (non-hydrogen) atoms. The summed E-state index contributed by atoms with van der Waals surface area (Å²) >= 11 is 0. The monoisotopic (exact) mass is 1030 g/mol. The van der Waals surface area contributed by atoms with E-state index in [1.807, 2.05) is 31.2 Å². The summed E-state index contributed by atoms with van der Waals surface area (Å²) in [6.07, 6.45) is 4.50. The van der Waals surface area contributed by atoms with Gasteiger partial charge in [0.05, 0.1) is 36.0 Å². The largest absolute Gasteiger partial charge is 0.486 e. The van der Waals surface area contributed by atoms with Gasteiger partial charge in [0, 0.05) is 59.6 Å². The van der Waals surface area contributed by atoms with Crippen LogP contribution in [0.4, 0.5) is 0 Å². The second kappa shape index (κ2) is 17.7. The molecule has 0 aliphatic rings. The summed E-state index contributed by atoms with van der Waals surface area (Å²) in [5.41, 5.74) is 16.5. The Morgan fingerprint density at radius 1 is 0.794 bits per heavy atom. The first-order valence-electron chi connectivity index (χ1n) is 22.0. The molecule has 1 unspecified atom stereocenters. The van der Waals surface area contributed by atoms with Crippen molar-refractivity contribution in [3.8, 4) is 28.3 Å². The van der Waals surface area contributed by atoms with Gasteiger partial charge in [0.2, 0.25) is 5.71 Å². The summed E-state index contributed by atoms with van der Waals surface area (Å²) in [6.45, 7) is 28.9. The van der Waals surface area contributed by atoms with E-state index in [0.29, 0.717) is 5.71 Å². The number of benzene rings is 4. The van der Waals surface area contributed by atoms with Crippen LogP contribution in [0.3, 0.4) is 0 Å². The van der Waals surface area contributed by atoms with Crippen LogP contribution in [0.1, 0.15) is 80.2 Å². The van der Waals surface area contributed by atoms with E-state index in [0.717, 1.165) is 95.9 Å². The van der Waals surface area contributed by atoms with Gasteiger partial charge >= 0.3 is 0 Å². The fourth-order valence-corrected chi connectivity index (χ4v) is 10.4. The van der Waals surface area contributed by atoms with Gasteiger partial charge in [-0.1, -0.05) is 108 Å². The van der Waals surface area contributed by atoms with Crippen molar-refractivity contribution >= 4 is 57.3 Å². The Morgan fingerprint density at radius 3 is 2.17 bits per heavy atom. The van der Waals surface area contributed by atoms with Crippen LogP contribution in [0.25, 0.3) is 72.3 Å². The maximum absolute atomic E-state index is 6.62. The van der Waals surface area contributed by atoms with Crippen molar-refractivity contribution in [1.29, 1.82) is 0 Å². The smallest absolute Gasteiger partial charge is 0.216 e. The molecule has 0 aliphatic carbocycles. The van der Waals surface area contributed by atoms with Crippen molar-refractivity contribution in [3.63, 3.8) is 0 Å². The molecule has 5 aromatic heterocycles. The van der Waals surface area contributed by atoms with Crippen LogP contribution in [0.2, 0.25) is 19.6 Å². The first-order valence-corrected chi connectivity index (χ1v) is 25.5. The van der Waals surface area contributed by atoms with Gasteiger partial charge < -0.3 is 14.0 Å². The molecule has 9 aromatic rings. The van der Waals surface area contributed by atoms with Crippen LogP contribution in [-0.4, -0.2) is 32.6 Å². The molecule has 0 aliphatic heterocycles. The number of hydrogen-bond donors (Lipinski definition) is 0. The first-order chi connectivity index (χ1) is 29.4. The van der Waals surface area contributed by atoms with E-state index >= 15 is 0 Å². The number of fused-ring (bicyclic) bond motifs is 6. The maximum Gasteiger partial charge on any atom is 0.216 e. The molecule has 6 nitrogen and oxygen atoms in total. The van der Waals surface area contributed by atoms with Gasteiger partial charge in [0.1, 0.15) is 0 Å². The van der Waals surface area contributed by atoms with Crippen LogP contribution in [0, 0.1) is 52.7 Å². The zero-order chi connectivity index (χ0) is 44.2. The number of pyridine rings is 3. The van der Waals surface area contributed by atoms with Gasteiger partial charge in [-0.25, -0.2) is 4.98 Å². The number of imidazole rings is 1. The van der Waals surface area contributed by atoms with Crippen LogP contribution >= 0.6 is 0 Å². The Balaban J connectivity index is 0.000000229. The van der Waals surface area contributed by atoms with Crippen molar-refractivity contribution in [3.05, 3.63) is 142 Å². The summed E-state index contributed by atoms with van der Waals surface area (Å²) < 4.78 is 8.91. The van der Waals surface area contributed by atoms with Crippen LogP contribution in [-0.2, 0) is 31.9 Å². The molecule has 8 heteroatoms. The summed E-state index contributed by atoms with van der Waals surface area (Å²) in [7, 11) is -1.35. The standard InChI is InChI=1S/C36H33N4O.C19H26NSi.Ir/c1-19-17-21(3)31(22(4)18-19)40-32-24-12-10-23(5)37-27(24)14-15-28(32)38-34(40)26-11-9-20(2)30-25-13-16-29(36(6,7)8)39-35(25)41-33(26)30;1-6-15(2)12-17-13-18(16-10-8-7-9-11-16)20-14-19(17)21(3,4)5;/h9-10,12-18H,1-8H3;7-10,13-15H,6,12H2,1-5H3;/q2*-1;. The van der Waals surface area contributed by atoms with Gasteiger partial charge in [-0.05, 0) is 98.4 Å². The molecule has 0 fully saturated rings. The Hall–Kier alpha value is -5.27. The molecule has 0 saturated carbocycles. The third-order valence-corrected chi connectivity index (χ3v) is 14.2. The Morgan fingerprint density at radius 2 is 1.51 bits per heavy atom. The number of nitrogens with zero attached hydrogens (tertiary/aromatic N) is 5. The minimum Gasteiger partial charge on any atom is -0.486 e. The van der Waals surface area contributed by atoms with Crippen molar-refractivity contribution in [2.45, 2.75) is 107 Å². The third-order valence-electron chi connectivity index (χ3n) is 12.1. The van der Waals surface area contributed by atoms with Crippen molar-refractivity contribution < 1.29 is 24.5 Å². The Kier molecular flexibility index (Phi) is 12.9. The van der Waals surface area contributed by atoms with E-state index < -0.39 is 8.07 Å². The summed E-state index contributed by atoms with van der Waals surface area (Å²) in [6, 6.07) is 36.4. The predicted molar refractivity (Wildman–Crippen MR) is 263 cm³/mol. The molecule has 325 valence electrons. The first kappa shape index (κ1) is 45.7. The zero-order valence-electron chi connectivity index (χ0n) is 39.1. The SMILES string of the molecule is CCC(C)Cc1cc(-c2[c-]cccc2)ncc1[Si](C)(C)C.Cc1cc(C)c(-n2c(-c3[c-]cc(C)c4c3oc3nc(C(C)(C)C)ccc34)nc3ccc4nc(C)ccc4c32)c(C)c1.[Ir]. The fourth-order valence-electron chi connectivity index (χ4n) is 8.79. The van der Waals surface area contributed by atoms with Crippen molar-refractivity contribution in [2.24, 2.45) is 5.92 Å². The molecule has 5 heterocycles. The fraction of sp³-hybridized carbons (Fsp3) is 0.309. The average molecular weight is 1030 g/mol. The second-order valence-corrected chi connectivity index (χ2v) is 24.4. The van der Waals surface area contributed by atoms with Gasteiger partial charge in [-0.2, -0.15) is 0 Å². The summed E-state index contributed by atoms with van der Waals surface area (Å²) in [5, 5.41) is 4.63. The summed E-state index contributed by atoms with van der Waals surface area (Å²) in [5.74, 6) is 1.51. The van der Waals surface area contributed by atoms with Crippen molar-refractivity contribution in [2.75, 3.05) is 0 Å². The predicted octanol–water partition coefficient (Wildman–Crippen LogP) is 13.9. The molecule has 9 rings (SSSR count). The van der Waals surface area contributed by atoms with Crippen LogP contribution in [0.5, 0.6) is 0 Å². The zero-order valence-corrected chi connectivity index (χ0v) is 42.5. The molecule has 0 bridgehead atoms. The van der Waals surface area contributed by atoms with Crippen LogP contribution < -0.4 is 5.19 Å².